The number of hydrogen-bond acceptors (Lipinski definition) is 5. The fraction of sp³-hybridized carbons (Fsp3) is 0.200. The molecular formula is C25H24ClN4O4P. The summed E-state index contributed by atoms with van der Waals surface area (Å²) >= 11 is 5.95. The van der Waals surface area contributed by atoms with Gasteiger partial charge in [0, 0.05) is 26.9 Å². The van der Waals surface area contributed by atoms with Gasteiger partial charge in [-0.2, -0.15) is 5.26 Å². The molecule has 0 aromatic heterocycles. The van der Waals surface area contributed by atoms with Crippen LogP contribution in [0.2, 0.25) is 5.02 Å². The minimum atomic E-state index is -3.90. The van der Waals surface area contributed by atoms with Gasteiger partial charge in [0.25, 0.3) is 7.37 Å². The van der Waals surface area contributed by atoms with Crippen LogP contribution in [0.25, 0.3) is 0 Å². The van der Waals surface area contributed by atoms with Crippen LogP contribution in [0.1, 0.15) is 25.5 Å². The van der Waals surface area contributed by atoms with Gasteiger partial charge in [-0.1, -0.05) is 29.8 Å². The molecule has 4 rings (SSSR count). The second-order valence-electron chi connectivity index (χ2n) is 8.60. The molecular weight excluding hydrogens is 487 g/mol. The summed E-state index contributed by atoms with van der Waals surface area (Å²) in [4.78, 5) is 14.8. The van der Waals surface area contributed by atoms with Crippen LogP contribution >= 0.6 is 19.0 Å². The zero-order valence-corrected chi connectivity index (χ0v) is 20.7. The van der Waals surface area contributed by atoms with E-state index in [2.05, 4.69) is 15.6 Å². The molecule has 3 atom stereocenters. The highest BCUT2D eigenvalue weighted by Crippen LogP contribution is 2.44. The lowest BCUT2D eigenvalue weighted by atomic mass is 9.86. The summed E-state index contributed by atoms with van der Waals surface area (Å²) in [5.74, 6) is 0.528. The summed E-state index contributed by atoms with van der Waals surface area (Å²) in [5, 5.41) is 27.5. The van der Waals surface area contributed by atoms with Crippen LogP contribution in [0.15, 0.2) is 77.8 Å². The van der Waals surface area contributed by atoms with Gasteiger partial charge in [-0.05, 0) is 68.4 Å². The molecule has 3 aromatic rings. The smallest absolute Gasteiger partial charge is 0.258 e. The topological polar surface area (TPSA) is 127 Å². The number of aliphatic hydroxyl groups is 1. The standard InChI is InChI=1S/C25H24ClN4O4P/c1-25(2)23(31)22(30-24(28-15-27)29-17-10-8-16(26)9-11-17)20-14-19(12-13-21(20)34-25)35(32,33)18-6-4-3-5-7-18/h3-14,22-23,31H,1-2H3,(H,32,33)(H2,28,29,30)/t22-,23+/m1/s1. The highest BCUT2D eigenvalue weighted by atomic mass is 35.5. The van der Waals surface area contributed by atoms with E-state index in [0.29, 0.717) is 27.3 Å². The molecule has 10 heteroatoms. The van der Waals surface area contributed by atoms with Crippen LogP contribution in [0.5, 0.6) is 5.75 Å². The zero-order chi connectivity index (χ0) is 25.2. The molecule has 0 aliphatic carbocycles. The van der Waals surface area contributed by atoms with Gasteiger partial charge in [0.2, 0.25) is 12.2 Å². The molecule has 0 fully saturated rings. The largest absolute Gasteiger partial charge is 0.485 e. The predicted molar refractivity (Wildman–Crippen MR) is 137 cm³/mol. The monoisotopic (exact) mass is 510 g/mol. The molecule has 0 amide bonds. The number of nitriles is 1. The molecule has 8 nitrogen and oxygen atoms in total. The molecule has 180 valence electrons. The van der Waals surface area contributed by atoms with Crippen molar-refractivity contribution in [3.63, 3.8) is 0 Å². The van der Waals surface area contributed by atoms with Crippen LogP contribution in [0.4, 0.5) is 5.69 Å². The highest BCUT2D eigenvalue weighted by Gasteiger charge is 2.44. The van der Waals surface area contributed by atoms with Crippen molar-refractivity contribution in [2.75, 3.05) is 5.32 Å². The van der Waals surface area contributed by atoms with E-state index in [9.17, 15) is 19.8 Å². The third-order valence-corrected chi connectivity index (χ3v) is 7.97. The number of halogens is 1. The molecule has 0 spiro atoms. The van der Waals surface area contributed by atoms with Crippen molar-refractivity contribution in [1.82, 2.24) is 5.32 Å². The van der Waals surface area contributed by atoms with Gasteiger partial charge in [0.15, 0.2) is 0 Å². The summed E-state index contributed by atoms with van der Waals surface area (Å²) in [6.07, 6.45) is 0.658. The Morgan fingerprint density at radius 1 is 1.11 bits per heavy atom. The Balaban J connectivity index is 1.73. The first kappa shape index (κ1) is 24.8. The summed E-state index contributed by atoms with van der Waals surface area (Å²) in [7, 11) is -3.90. The van der Waals surface area contributed by atoms with Crippen LogP contribution in [0.3, 0.4) is 0 Å². The van der Waals surface area contributed by atoms with E-state index in [1.54, 1.807) is 92.8 Å². The summed E-state index contributed by atoms with van der Waals surface area (Å²) in [6, 6.07) is 19.1. The Morgan fingerprint density at radius 3 is 2.46 bits per heavy atom. The third kappa shape index (κ3) is 5.19. The molecule has 35 heavy (non-hydrogen) atoms. The Labute approximate surface area is 208 Å². The molecule has 0 saturated heterocycles. The van der Waals surface area contributed by atoms with Crippen LogP contribution in [-0.4, -0.2) is 27.7 Å². The van der Waals surface area contributed by atoms with Crippen molar-refractivity contribution in [3.05, 3.63) is 83.4 Å². The molecule has 1 unspecified atom stereocenters. The predicted octanol–water partition coefficient (Wildman–Crippen LogP) is 3.67. The van der Waals surface area contributed by atoms with Crippen LogP contribution in [-0.2, 0) is 4.57 Å². The zero-order valence-electron chi connectivity index (χ0n) is 19.0. The maximum atomic E-state index is 13.4. The van der Waals surface area contributed by atoms with Gasteiger partial charge >= 0.3 is 0 Å². The van der Waals surface area contributed by atoms with Crippen molar-refractivity contribution in [2.24, 2.45) is 4.99 Å². The molecule has 1 heterocycles. The van der Waals surface area contributed by atoms with Crippen molar-refractivity contribution < 1.29 is 19.3 Å². The molecule has 1 aliphatic rings. The van der Waals surface area contributed by atoms with Gasteiger partial charge in [-0.25, -0.2) is 0 Å². The summed E-state index contributed by atoms with van der Waals surface area (Å²) < 4.78 is 19.4. The summed E-state index contributed by atoms with van der Waals surface area (Å²) in [5.41, 5.74) is 0.0877. The quantitative estimate of drug-likeness (QED) is 0.182. The average molecular weight is 511 g/mol. The number of guanidine groups is 1. The number of aliphatic imine (C=N–C) groups is 1. The van der Waals surface area contributed by atoms with Crippen molar-refractivity contribution in [3.8, 4) is 11.9 Å². The fourth-order valence-electron chi connectivity index (χ4n) is 3.87. The number of hydrogen-bond donors (Lipinski definition) is 4. The first-order valence-electron chi connectivity index (χ1n) is 10.8. The number of aliphatic hydroxyl groups excluding tert-OH is 1. The minimum Gasteiger partial charge on any atom is -0.485 e. The first-order valence-corrected chi connectivity index (χ1v) is 12.8. The second kappa shape index (κ2) is 9.73. The van der Waals surface area contributed by atoms with Crippen LogP contribution < -0.4 is 26.0 Å². The van der Waals surface area contributed by atoms with E-state index in [4.69, 9.17) is 16.3 Å². The van der Waals surface area contributed by atoms with E-state index in [-0.39, 0.29) is 11.3 Å². The number of ether oxygens (including phenoxy) is 1. The number of nitrogens with one attached hydrogen (secondary N) is 2. The molecule has 0 bridgehead atoms. The fourth-order valence-corrected chi connectivity index (χ4v) is 5.47. The minimum absolute atomic E-state index is 0.0863. The number of fused-ring (bicyclic) bond motifs is 1. The Kier molecular flexibility index (Phi) is 6.88. The second-order valence-corrected chi connectivity index (χ2v) is 11.2. The Morgan fingerprint density at radius 2 is 1.80 bits per heavy atom. The van der Waals surface area contributed by atoms with E-state index in [1.807, 2.05) is 0 Å². The average Bonchev–Trinajstić information content (AvgIpc) is 2.83. The molecule has 4 N–H and O–H groups in total. The van der Waals surface area contributed by atoms with Gasteiger partial charge in [0.1, 0.15) is 17.5 Å². The lowest BCUT2D eigenvalue weighted by Crippen LogP contribution is -2.54. The highest BCUT2D eigenvalue weighted by molar-refractivity contribution is 7.73. The first-order chi connectivity index (χ1) is 16.6. The molecule has 0 saturated carbocycles. The Bertz CT molecular complexity index is 1340. The molecule has 0 radical (unpaired) electrons. The third-order valence-electron chi connectivity index (χ3n) is 5.75. The van der Waals surface area contributed by atoms with E-state index >= 15 is 0 Å². The Hall–Kier alpha value is -3.34. The van der Waals surface area contributed by atoms with Gasteiger partial charge in [-0.15, -0.1) is 4.99 Å². The summed E-state index contributed by atoms with van der Waals surface area (Å²) in [6.45, 7) is 3.47. The van der Waals surface area contributed by atoms with Crippen molar-refractivity contribution >= 4 is 41.2 Å². The van der Waals surface area contributed by atoms with Gasteiger partial charge < -0.3 is 25.4 Å². The maximum absolute atomic E-state index is 13.4. The number of benzene rings is 3. The SMILES string of the molecule is CC1(C)Oc2ccc(P(=O)(O)c3ccccc3)cc2[C@@H](NC(=NC#N)Nc2ccc(Cl)cc2)[C@@H]1O. The van der Waals surface area contributed by atoms with E-state index in [1.165, 1.54) is 0 Å². The van der Waals surface area contributed by atoms with Gasteiger partial charge in [0.05, 0.1) is 6.04 Å². The molecule has 1 aliphatic heterocycles. The lowest BCUT2D eigenvalue weighted by molar-refractivity contribution is -0.0610. The number of anilines is 1. The normalized spacial score (nSPS) is 20.5. The van der Waals surface area contributed by atoms with E-state index in [0.717, 1.165) is 0 Å². The van der Waals surface area contributed by atoms with Crippen molar-refractivity contribution in [1.29, 1.82) is 5.26 Å². The van der Waals surface area contributed by atoms with Gasteiger partial charge in [-0.3, -0.25) is 4.57 Å². The van der Waals surface area contributed by atoms with Crippen LogP contribution in [0, 0.1) is 11.5 Å². The number of nitrogens with zero attached hydrogens (tertiary/aromatic N) is 2. The van der Waals surface area contributed by atoms with Crippen molar-refractivity contribution in [2.45, 2.75) is 31.6 Å². The van der Waals surface area contributed by atoms with E-state index < -0.39 is 25.1 Å². The maximum Gasteiger partial charge on any atom is 0.258 e. The lowest BCUT2D eigenvalue weighted by Gasteiger charge is -2.42. The molecule has 3 aromatic carbocycles. The number of rotatable bonds is 4.